The molecule has 0 spiro atoms. The normalized spacial score (nSPS) is 11.9. The van der Waals surface area contributed by atoms with Gasteiger partial charge in [-0.25, -0.2) is 0 Å². The van der Waals surface area contributed by atoms with Crippen LogP contribution in [-0.4, -0.2) is 19.9 Å². The van der Waals surface area contributed by atoms with E-state index in [2.05, 4.69) is 26.1 Å². The first-order chi connectivity index (χ1) is 8.82. The molecule has 0 atom stereocenters. The lowest BCUT2D eigenvalue weighted by Gasteiger charge is -2.24. The molecule has 19 heavy (non-hydrogen) atoms. The maximum Gasteiger partial charge on any atom is 0.164 e. The van der Waals surface area contributed by atoms with Crippen LogP contribution < -0.4 is 0 Å². The average Bonchev–Trinajstić information content (AvgIpc) is 2.70. The smallest absolute Gasteiger partial charge is 0.164 e. The number of halogens is 2. The van der Waals surface area contributed by atoms with Crippen LogP contribution in [0.15, 0.2) is 22.7 Å². The lowest BCUT2D eigenvalue weighted by Crippen LogP contribution is -2.25. The second-order valence-corrected chi connectivity index (χ2v) is 6.61. The molecular formula is C13H15BrClN3O. The minimum Gasteiger partial charge on any atom is -0.388 e. The molecular weight excluding hydrogens is 330 g/mol. The van der Waals surface area contributed by atoms with Crippen LogP contribution in [-0.2, 0) is 12.1 Å². The zero-order valence-electron chi connectivity index (χ0n) is 11.0. The van der Waals surface area contributed by atoms with Gasteiger partial charge >= 0.3 is 0 Å². The summed E-state index contributed by atoms with van der Waals surface area (Å²) in [4.78, 5) is 0. The number of rotatable bonds is 2. The number of aliphatic hydroxyl groups excluding tert-OH is 1. The van der Waals surface area contributed by atoms with Crippen LogP contribution >= 0.6 is 27.5 Å². The highest BCUT2D eigenvalue weighted by molar-refractivity contribution is 9.10. The van der Waals surface area contributed by atoms with Gasteiger partial charge in [0.2, 0.25) is 0 Å². The van der Waals surface area contributed by atoms with Gasteiger partial charge < -0.3 is 9.67 Å². The Morgan fingerprint density at radius 1 is 1.26 bits per heavy atom. The Morgan fingerprint density at radius 2 is 1.95 bits per heavy atom. The molecule has 2 rings (SSSR count). The van der Waals surface area contributed by atoms with Crippen molar-refractivity contribution in [1.29, 1.82) is 0 Å². The second kappa shape index (κ2) is 5.23. The SMILES string of the molecule is CC(C)(C)n1c(CO)nnc1-c1cc(Cl)cc(Br)c1. The predicted octanol–water partition coefficient (Wildman–Crippen LogP) is 3.61. The van der Waals surface area contributed by atoms with Crippen molar-refractivity contribution in [3.05, 3.63) is 33.5 Å². The Balaban J connectivity index is 2.66. The molecule has 0 aliphatic carbocycles. The van der Waals surface area contributed by atoms with Gasteiger partial charge in [0, 0.05) is 20.6 Å². The molecule has 1 aromatic carbocycles. The minimum absolute atomic E-state index is 0.147. The molecule has 1 aromatic heterocycles. The van der Waals surface area contributed by atoms with Crippen LogP contribution in [0.2, 0.25) is 5.02 Å². The number of hydrogen-bond acceptors (Lipinski definition) is 3. The van der Waals surface area contributed by atoms with E-state index in [9.17, 15) is 5.11 Å². The first kappa shape index (κ1) is 14.5. The lowest BCUT2D eigenvalue weighted by atomic mass is 10.1. The van der Waals surface area contributed by atoms with Gasteiger partial charge in [0.25, 0.3) is 0 Å². The second-order valence-electron chi connectivity index (χ2n) is 5.26. The quantitative estimate of drug-likeness (QED) is 0.905. The third-order valence-corrected chi connectivity index (χ3v) is 3.34. The molecule has 0 amide bonds. The van der Waals surface area contributed by atoms with Gasteiger partial charge in [-0.05, 0) is 39.0 Å². The molecule has 1 heterocycles. The highest BCUT2D eigenvalue weighted by Crippen LogP contribution is 2.30. The predicted molar refractivity (Wildman–Crippen MR) is 79.1 cm³/mol. The number of hydrogen-bond donors (Lipinski definition) is 1. The van der Waals surface area contributed by atoms with Crippen molar-refractivity contribution >= 4 is 27.5 Å². The number of nitrogens with zero attached hydrogens (tertiary/aromatic N) is 3. The van der Waals surface area contributed by atoms with Crippen molar-refractivity contribution in [2.45, 2.75) is 32.9 Å². The van der Waals surface area contributed by atoms with E-state index in [1.54, 1.807) is 0 Å². The first-order valence-electron chi connectivity index (χ1n) is 5.85. The van der Waals surface area contributed by atoms with Gasteiger partial charge in [-0.2, -0.15) is 0 Å². The average molecular weight is 345 g/mol. The molecule has 4 nitrogen and oxygen atoms in total. The van der Waals surface area contributed by atoms with E-state index in [0.717, 1.165) is 10.0 Å². The van der Waals surface area contributed by atoms with Gasteiger partial charge in [0.1, 0.15) is 6.61 Å². The standard InChI is InChI=1S/C13H15BrClN3O/c1-13(2,3)18-11(7-19)16-17-12(18)8-4-9(14)6-10(15)5-8/h4-6,19H,7H2,1-3H3. The fourth-order valence-corrected chi connectivity index (χ4v) is 2.85. The van der Waals surface area contributed by atoms with Gasteiger partial charge in [-0.15, -0.1) is 10.2 Å². The Kier molecular flexibility index (Phi) is 3.99. The van der Waals surface area contributed by atoms with Crippen molar-refractivity contribution in [2.75, 3.05) is 0 Å². The van der Waals surface area contributed by atoms with E-state index < -0.39 is 0 Å². The van der Waals surface area contributed by atoms with E-state index in [-0.39, 0.29) is 12.1 Å². The Labute approximate surface area is 125 Å². The van der Waals surface area contributed by atoms with Gasteiger partial charge in [-0.3, -0.25) is 0 Å². The fourth-order valence-electron chi connectivity index (χ4n) is 1.99. The molecule has 0 saturated heterocycles. The summed E-state index contributed by atoms with van der Waals surface area (Å²) >= 11 is 9.49. The van der Waals surface area contributed by atoms with Gasteiger partial charge in [-0.1, -0.05) is 27.5 Å². The lowest BCUT2D eigenvalue weighted by molar-refractivity contribution is 0.250. The monoisotopic (exact) mass is 343 g/mol. The number of aromatic nitrogens is 3. The fraction of sp³-hybridized carbons (Fsp3) is 0.385. The third kappa shape index (κ3) is 2.99. The van der Waals surface area contributed by atoms with Crippen LogP contribution in [0.4, 0.5) is 0 Å². The summed E-state index contributed by atoms with van der Waals surface area (Å²) < 4.78 is 2.80. The van der Waals surface area contributed by atoms with Crippen LogP contribution in [0.25, 0.3) is 11.4 Å². The molecule has 0 unspecified atom stereocenters. The van der Waals surface area contributed by atoms with Gasteiger partial charge in [0.15, 0.2) is 11.6 Å². The Bertz CT molecular complexity index is 584. The van der Waals surface area contributed by atoms with Crippen molar-refractivity contribution in [3.63, 3.8) is 0 Å². The zero-order chi connectivity index (χ0) is 14.2. The molecule has 0 radical (unpaired) electrons. The summed E-state index contributed by atoms with van der Waals surface area (Å²) in [6.07, 6.45) is 0. The molecule has 102 valence electrons. The molecule has 1 N–H and O–H groups in total. The van der Waals surface area contributed by atoms with E-state index in [0.29, 0.717) is 16.7 Å². The summed E-state index contributed by atoms with van der Waals surface area (Å²) in [5.74, 6) is 1.23. The minimum atomic E-state index is -0.230. The molecule has 0 saturated carbocycles. The highest BCUT2D eigenvalue weighted by Gasteiger charge is 2.23. The maximum atomic E-state index is 9.39. The molecule has 2 aromatic rings. The van der Waals surface area contributed by atoms with E-state index in [1.165, 1.54) is 0 Å². The number of aliphatic hydroxyl groups is 1. The molecule has 0 aliphatic heterocycles. The maximum absolute atomic E-state index is 9.39. The zero-order valence-corrected chi connectivity index (χ0v) is 13.3. The largest absolute Gasteiger partial charge is 0.388 e. The van der Waals surface area contributed by atoms with Gasteiger partial charge in [0.05, 0.1) is 0 Å². The van der Waals surface area contributed by atoms with Crippen LogP contribution in [0.5, 0.6) is 0 Å². The summed E-state index contributed by atoms with van der Waals surface area (Å²) in [5.41, 5.74) is 0.632. The molecule has 6 heteroatoms. The summed E-state index contributed by atoms with van der Waals surface area (Å²) in [6.45, 7) is 5.97. The van der Waals surface area contributed by atoms with Crippen molar-refractivity contribution in [1.82, 2.24) is 14.8 Å². The van der Waals surface area contributed by atoms with Crippen LogP contribution in [0.3, 0.4) is 0 Å². The van der Waals surface area contributed by atoms with E-state index in [1.807, 2.05) is 43.5 Å². The molecule has 0 fully saturated rings. The first-order valence-corrected chi connectivity index (χ1v) is 7.02. The van der Waals surface area contributed by atoms with E-state index >= 15 is 0 Å². The topological polar surface area (TPSA) is 50.9 Å². The highest BCUT2D eigenvalue weighted by atomic mass is 79.9. The van der Waals surface area contributed by atoms with Crippen molar-refractivity contribution in [2.24, 2.45) is 0 Å². The third-order valence-electron chi connectivity index (χ3n) is 2.66. The summed E-state index contributed by atoms with van der Waals surface area (Å²) in [7, 11) is 0. The molecule has 0 aliphatic rings. The van der Waals surface area contributed by atoms with Crippen LogP contribution in [0, 0.1) is 0 Å². The van der Waals surface area contributed by atoms with Crippen molar-refractivity contribution in [3.8, 4) is 11.4 Å². The summed E-state index contributed by atoms with van der Waals surface area (Å²) in [5, 5.41) is 18.2. The Morgan fingerprint density at radius 3 is 2.47 bits per heavy atom. The molecule has 0 bridgehead atoms. The van der Waals surface area contributed by atoms with Crippen molar-refractivity contribution < 1.29 is 5.11 Å². The van der Waals surface area contributed by atoms with E-state index in [4.69, 9.17) is 11.6 Å². The van der Waals surface area contributed by atoms with Crippen LogP contribution in [0.1, 0.15) is 26.6 Å². The summed E-state index contributed by atoms with van der Waals surface area (Å²) in [6, 6.07) is 5.58. The number of benzene rings is 1. The Hall–Kier alpha value is -0.910.